The Balaban J connectivity index is 2.06. The van der Waals surface area contributed by atoms with E-state index in [9.17, 15) is 19.5 Å². The van der Waals surface area contributed by atoms with E-state index in [2.05, 4.69) is 10.6 Å². The van der Waals surface area contributed by atoms with E-state index in [0.29, 0.717) is 25.8 Å². The van der Waals surface area contributed by atoms with Gasteiger partial charge in [0.25, 0.3) is 0 Å². The molecule has 0 aliphatic heterocycles. The fourth-order valence-corrected chi connectivity index (χ4v) is 3.23. The number of aromatic hydroxyl groups is 1. The summed E-state index contributed by atoms with van der Waals surface area (Å²) in [6, 6.07) is 14.3. The highest BCUT2D eigenvalue weighted by atomic mass is 16.5. The van der Waals surface area contributed by atoms with Crippen molar-refractivity contribution in [1.82, 2.24) is 10.6 Å². The lowest BCUT2D eigenvalue weighted by molar-refractivity contribution is -0.145. The predicted octanol–water partition coefficient (Wildman–Crippen LogP) is 1.45. The summed E-state index contributed by atoms with van der Waals surface area (Å²) >= 11 is 0. The Morgan fingerprint density at radius 3 is 2.28 bits per heavy atom. The first-order valence-electron chi connectivity index (χ1n) is 10.6. The molecule has 0 aliphatic carbocycles. The first-order chi connectivity index (χ1) is 15.4. The highest BCUT2D eigenvalue weighted by Crippen LogP contribution is 2.11. The number of benzene rings is 2. The number of nitrogens with one attached hydrogen (secondary N) is 2. The van der Waals surface area contributed by atoms with Crippen molar-refractivity contribution in [3.05, 3.63) is 65.7 Å². The lowest BCUT2D eigenvalue weighted by Gasteiger charge is -2.22. The molecule has 0 unspecified atom stereocenters. The minimum atomic E-state index is -0.852. The number of hydrogen-bond acceptors (Lipinski definition) is 6. The van der Waals surface area contributed by atoms with Gasteiger partial charge in [-0.1, -0.05) is 42.5 Å². The minimum absolute atomic E-state index is 0.160. The molecular weight excluding hydrogens is 410 g/mol. The van der Waals surface area contributed by atoms with Crippen molar-refractivity contribution in [2.45, 2.75) is 44.2 Å². The van der Waals surface area contributed by atoms with Gasteiger partial charge in [-0.05, 0) is 49.1 Å². The van der Waals surface area contributed by atoms with Gasteiger partial charge in [-0.15, -0.1) is 0 Å². The summed E-state index contributed by atoms with van der Waals surface area (Å²) in [6.07, 6.45) is 1.82. The van der Waals surface area contributed by atoms with Gasteiger partial charge in [0.05, 0.1) is 7.11 Å². The van der Waals surface area contributed by atoms with Crippen LogP contribution in [-0.4, -0.2) is 48.6 Å². The van der Waals surface area contributed by atoms with Crippen LogP contribution in [0.3, 0.4) is 0 Å². The number of phenols is 1. The second-order valence-corrected chi connectivity index (χ2v) is 7.49. The number of ether oxygens (including phenoxy) is 1. The van der Waals surface area contributed by atoms with Crippen molar-refractivity contribution in [2.75, 3.05) is 13.7 Å². The second kappa shape index (κ2) is 13.1. The van der Waals surface area contributed by atoms with Crippen LogP contribution in [0.15, 0.2) is 54.6 Å². The van der Waals surface area contributed by atoms with Crippen molar-refractivity contribution in [1.29, 1.82) is 0 Å². The number of aryl methyl sites for hydroxylation is 1. The van der Waals surface area contributed by atoms with E-state index in [-0.39, 0.29) is 24.5 Å². The van der Waals surface area contributed by atoms with Crippen LogP contribution >= 0.6 is 0 Å². The number of amides is 2. The van der Waals surface area contributed by atoms with Gasteiger partial charge in [0.2, 0.25) is 11.8 Å². The Morgan fingerprint density at radius 2 is 1.66 bits per heavy atom. The third-order valence-corrected chi connectivity index (χ3v) is 5.01. The Hall–Kier alpha value is -3.39. The zero-order chi connectivity index (χ0) is 23.3. The maximum Gasteiger partial charge on any atom is 0.328 e. The lowest BCUT2D eigenvalue weighted by atomic mass is 10.0. The van der Waals surface area contributed by atoms with E-state index < -0.39 is 24.0 Å². The molecule has 8 heteroatoms. The average Bonchev–Trinajstić information content (AvgIpc) is 2.81. The predicted molar refractivity (Wildman–Crippen MR) is 121 cm³/mol. The number of esters is 1. The van der Waals surface area contributed by atoms with Crippen molar-refractivity contribution >= 4 is 17.8 Å². The Bertz CT molecular complexity index is 871. The van der Waals surface area contributed by atoms with Crippen molar-refractivity contribution < 1.29 is 24.2 Å². The van der Waals surface area contributed by atoms with Crippen LogP contribution in [0.1, 0.15) is 30.4 Å². The smallest absolute Gasteiger partial charge is 0.328 e. The molecule has 2 aromatic rings. The molecule has 2 amide bonds. The Morgan fingerprint density at radius 1 is 0.969 bits per heavy atom. The maximum atomic E-state index is 13.0. The number of methoxy groups -OCH3 is 1. The normalized spacial score (nSPS) is 12.4. The lowest BCUT2D eigenvalue weighted by Crippen LogP contribution is -2.52. The first kappa shape index (κ1) is 24.9. The van der Waals surface area contributed by atoms with Gasteiger partial charge in [0.1, 0.15) is 17.8 Å². The summed E-state index contributed by atoms with van der Waals surface area (Å²) in [7, 11) is 1.26. The molecule has 172 valence electrons. The van der Waals surface area contributed by atoms with Gasteiger partial charge in [0, 0.05) is 12.8 Å². The topological polar surface area (TPSA) is 131 Å². The second-order valence-electron chi connectivity index (χ2n) is 7.49. The van der Waals surface area contributed by atoms with E-state index in [1.807, 2.05) is 30.3 Å². The zero-order valence-corrected chi connectivity index (χ0v) is 18.3. The van der Waals surface area contributed by atoms with Crippen molar-refractivity contribution in [2.24, 2.45) is 5.73 Å². The molecule has 0 saturated carbocycles. The summed E-state index contributed by atoms with van der Waals surface area (Å²) in [6.45, 7) is 0.380. The number of carbonyl (C=O) groups excluding carboxylic acids is 3. The van der Waals surface area contributed by atoms with E-state index in [0.717, 1.165) is 11.1 Å². The number of carbonyl (C=O) groups is 3. The number of hydrogen-bond donors (Lipinski definition) is 4. The van der Waals surface area contributed by atoms with Gasteiger partial charge < -0.3 is 26.2 Å². The molecule has 2 atom stereocenters. The van der Waals surface area contributed by atoms with Crippen LogP contribution in [-0.2, 0) is 32.0 Å². The van der Waals surface area contributed by atoms with Gasteiger partial charge in [0.15, 0.2) is 0 Å². The van der Waals surface area contributed by atoms with E-state index in [1.165, 1.54) is 7.11 Å². The molecule has 0 radical (unpaired) electrons. The van der Waals surface area contributed by atoms with Crippen molar-refractivity contribution in [3.63, 3.8) is 0 Å². The molecule has 0 spiro atoms. The van der Waals surface area contributed by atoms with Crippen LogP contribution in [0.25, 0.3) is 0 Å². The average molecular weight is 442 g/mol. The molecule has 0 bridgehead atoms. The fraction of sp³-hybridized carbons (Fsp3) is 0.375. The van der Waals surface area contributed by atoms with Crippen LogP contribution in [0, 0.1) is 0 Å². The quantitative estimate of drug-likeness (QED) is 0.369. The molecule has 32 heavy (non-hydrogen) atoms. The SMILES string of the molecule is COC(=O)[C@H](CCCN)NC(=O)[C@@H](Cc1ccccc1)NC(=O)CCc1ccc(O)cc1. The van der Waals surface area contributed by atoms with Crippen LogP contribution in [0.2, 0.25) is 0 Å². The van der Waals surface area contributed by atoms with Gasteiger partial charge in [-0.2, -0.15) is 0 Å². The molecule has 0 saturated heterocycles. The maximum absolute atomic E-state index is 13.0. The third-order valence-electron chi connectivity index (χ3n) is 5.01. The molecular formula is C24H31N3O5. The van der Waals surface area contributed by atoms with Crippen molar-refractivity contribution in [3.8, 4) is 5.75 Å². The number of phenolic OH excluding ortho intramolecular Hbond substituents is 1. The Kier molecular flexibility index (Phi) is 10.2. The molecule has 8 nitrogen and oxygen atoms in total. The highest BCUT2D eigenvalue weighted by molar-refractivity contribution is 5.91. The Labute approximate surface area is 188 Å². The number of nitrogens with two attached hydrogens (primary N) is 1. The molecule has 2 aromatic carbocycles. The van der Waals surface area contributed by atoms with Crippen LogP contribution in [0.5, 0.6) is 5.75 Å². The third kappa shape index (κ3) is 8.39. The monoisotopic (exact) mass is 441 g/mol. The molecule has 5 N–H and O–H groups in total. The van der Waals surface area contributed by atoms with E-state index in [1.54, 1.807) is 24.3 Å². The van der Waals surface area contributed by atoms with E-state index >= 15 is 0 Å². The molecule has 0 aromatic heterocycles. The molecule has 0 heterocycles. The summed E-state index contributed by atoms with van der Waals surface area (Å²) in [5.74, 6) is -1.14. The largest absolute Gasteiger partial charge is 0.508 e. The van der Waals surface area contributed by atoms with Gasteiger partial charge in [-0.25, -0.2) is 4.79 Å². The van der Waals surface area contributed by atoms with Gasteiger partial charge >= 0.3 is 5.97 Å². The highest BCUT2D eigenvalue weighted by Gasteiger charge is 2.27. The standard InChI is InChI=1S/C24H31N3O5/c1-32-24(31)20(8-5-15-25)27-23(30)21(16-18-6-3-2-4-7-18)26-22(29)14-11-17-9-12-19(28)13-10-17/h2-4,6-7,9-10,12-13,20-21,28H,5,8,11,14-16,25H2,1H3,(H,26,29)(H,27,30)/t20-,21+/m0/s1. The van der Waals surface area contributed by atoms with Crippen LogP contribution in [0.4, 0.5) is 0 Å². The molecule has 0 fully saturated rings. The van der Waals surface area contributed by atoms with Crippen LogP contribution < -0.4 is 16.4 Å². The molecule has 2 rings (SSSR count). The van der Waals surface area contributed by atoms with Gasteiger partial charge in [-0.3, -0.25) is 9.59 Å². The minimum Gasteiger partial charge on any atom is -0.508 e. The fourth-order valence-electron chi connectivity index (χ4n) is 3.23. The molecule has 0 aliphatic rings. The van der Waals surface area contributed by atoms with E-state index in [4.69, 9.17) is 10.5 Å². The summed E-state index contributed by atoms with van der Waals surface area (Å²) < 4.78 is 4.79. The summed E-state index contributed by atoms with van der Waals surface area (Å²) in [4.78, 5) is 37.6. The summed E-state index contributed by atoms with van der Waals surface area (Å²) in [5, 5.41) is 14.9. The summed E-state index contributed by atoms with van der Waals surface area (Å²) in [5.41, 5.74) is 7.31. The zero-order valence-electron chi connectivity index (χ0n) is 18.3. The number of rotatable bonds is 12. The first-order valence-corrected chi connectivity index (χ1v) is 10.6.